The third-order valence-corrected chi connectivity index (χ3v) is 5.37. The van der Waals surface area contributed by atoms with Crippen molar-refractivity contribution in [3.05, 3.63) is 0 Å². The number of nitriles is 1. The highest BCUT2D eigenvalue weighted by Crippen LogP contribution is 2.41. The Morgan fingerprint density at radius 3 is 2.61 bits per heavy atom. The molecule has 0 radical (unpaired) electrons. The third-order valence-electron chi connectivity index (χ3n) is 4.06. The third kappa shape index (κ3) is 3.65. The lowest BCUT2D eigenvalue weighted by Crippen LogP contribution is -2.48. The molecule has 2 aliphatic rings. The van der Waals surface area contributed by atoms with Crippen LogP contribution >= 0.6 is 11.8 Å². The maximum atomic E-state index is 9.60. The molecule has 0 aromatic heterocycles. The van der Waals surface area contributed by atoms with Gasteiger partial charge in [0.05, 0.1) is 6.07 Å². The summed E-state index contributed by atoms with van der Waals surface area (Å²) in [6, 6.07) is 3.27. The molecule has 0 aliphatic heterocycles. The highest BCUT2D eigenvalue weighted by atomic mass is 32.2. The molecule has 2 atom stereocenters. The molecule has 2 nitrogen and oxygen atoms in total. The Balaban J connectivity index is 1.87. The van der Waals surface area contributed by atoms with Gasteiger partial charge in [-0.1, -0.05) is 27.2 Å². The number of nitrogens with one attached hydrogen (secondary N) is 1. The van der Waals surface area contributed by atoms with Crippen LogP contribution in [0.25, 0.3) is 0 Å². The second-order valence-electron chi connectivity index (χ2n) is 6.84. The van der Waals surface area contributed by atoms with Crippen molar-refractivity contribution in [2.24, 2.45) is 5.92 Å². The Morgan fingerprint density at radius 1 is 1.33 bits per heavy atom. The van der Waals surface area contributed by atoms with E-state index in [0.29, 0.717) is 16.7 Å². The molecule has 18 heavy (non-hydrogen) atoms. The van der Waals surface area contributed by atoms with Gasteiger partial charge in [-0.05, 0) is 43.8 Å². The number of rotatable bonds is 5. The summed E-state index contributed by atoms with van der Waals surface area (Å²) in [4.78, 5) is 0. The fraction of sp³-hybridized carbons (Fsp3) is 0.933. The van der Waals surface area contributed by atoms with Gasteiger partial charge < -0.3 is 0 Å². The summed E-state index contributed by atoms with van der Waals surface area (Å²) in [5.41, 5.74) is -0.195. The summed E-state index contributed by atoms with van der Waals surface area (Å²) >= 11 is 2.03. The minimum absolute atomic E-state index is 0.195. The van der Waals surface area contributed by atoms with Gasteiger partial charge in [0.2, 0.25) is 0 Å². The fourth-order valence-electron chi connectivity index (χ4n) is 2.94. The number of hydrogen-bond acceptors (Lipinski definition) is 3. The monoisotopic (exact) mass is 266 g/mol. The summed E-state index contributed by atoms with van der Waals surface area (Å²) in [5.74, 6) is 1.75. The minimum atomic E-state index is -0.195. The average Bonchev–Trinajstić information content (AvgIpc) is 2.99. The molecule has 0 saturated heterocycles. The zero-order chi connectivity index (χ0) is 13.2. The maximum absolute atomic E-state index is 9.60. The Bertz CT molecular complexity index is 324. The molecule has 2 unspecified atom stereocenters. The summed E-state index contributed by atoms with van der Waals surface area (Å²) in [6.45, 7) is 6.81. The quantitative estimate of drug-likeness (QED) is 0.823. The lowest BCUT2D eigenvalue weighted by molar-refractivity contribution is 0.308. The van der Waals surface area contributed by atoms with E-state index in [0.717, 1.165) is 6.42 Å². The molecule has 0 amide bonds. The Morgan fingerprint density at radius 2 is 2.06 bits per heavy atom. The van der Waals surface area contributed by atoms with Crippen molar-refractivity contribution in [1.29, 1.82) is 5.26 Å². The summed E-state index contributed by atoms with van der Waals surface area (Å²) in [7, 11) is 0. The van der Waals surface area contributed by atoms with Crippen molar-refractivity contribution in [2.75, 3.05) is 5.75 Å². The van der Waals surface area contributed by atoms with Gasteiger partial charge in [0.15, 0.2) is 0 Å². The van der Waals surface area contributed by atoms with Gasteiger partial charge in [-0.2, -0.15) is 17.0 Å². The molecule has 1 N–H and O–H groups in total. The summed E-state index contributed by atoms with van der Waals surface area (Å²) < 4.78 is 0.345. The molecule has 0 bridgehead atoms. The largest absolute Gasteiger partial charge is 0.296 e. The Kier molecular flexibility index (Phi) is 4.29. The molecule has 0 aromatic rings. The van der Waals surface area contributed by atoms with E-state index in [1.54, 1.807) is 0 Å². The normalized spacial score (nSPS) is 32.4. The lowest BCUT2D eigenvalue weighted by Gasteiger charge is -2.31. The summed E-state index contributed by atoms with van der Waals surface area (Å²) in [5, 5.41) is 13.2. The number of hydrogen-bond donors (Lipinski definition) is 1. The van der Waals surface area contributed by atoms with E-state index in [1.807, 2.05) is 11.8 Å². The van der Waals surface area contributed by atoms with Crippen LogP contribution in [0.1, 0.15) is 59.3 Å². The first kappa shape index (κ1) is 14.2. The van der Waals surface area contributed by atoms with Gasteiger partial charge >= 0.3 is 0 Å². The first-order valence-corrected chi connectivity index (χ1v) is 8.27. The van der Waals surface area contributed by atoms with E-state index < -0.39 is 0 Å². The predicted octanol–water partition coefficient (Wildman–Crippen LogP) is 3.72. The van der Waals surface area contributed by atoms with Crippen molar-refractivity contribution in [3.8, 4) is 6.07 Å². The van der Waals surface area contributed by atoms with Crippen molar-refractivity contribution < 1.29 is 0 Å². The molecule has 0 aromatic carbocycles. The van der Waals surface area contributed by atoms with Crippen molar-refractivity contribution in [2.45, 2.75) is 75.6 Å². The lowest BCUT2D eigenvalue weighted by atomic mass is 9.86. The Labute approximate surface area is 116 Å². The average molecular weight is 266 g/mol. The molecular weight excluding hydrogens is 240 g/mol. The fourth-order valence-corrected chi connectivity index (χ4v) is 3.95. The molecule has 0 spiro atoms. The second kappa shape index (κ2) is 5.43. The van der Waals surface area contributed by atoms with E-state index in [1.165, 1.54) is 37.9 Å². The van der Waals surface area contributed by atoms with Gasteiger partial charge in [0, 0.05) is 10.8 Å². The minimum Gasteiger partial charge on any atom is -0.296 e. The van der Waals surface area contributed by atoms with Crippen LogP contribution in [-0.4, -0.2) is 22.1 Å². The van der Waals surface area contributed by atoms with Crippen LogP contribution in [-0.2, 0) is 0 Å². The van der Waals surface area contributed by atoms with Crippen LogP contribution in [0.3, 0.4) is 0 Å². The zero-order valence-corrected chi connectivity index (χ0v) is 12.8. The first-order chi connectivity index (χ1) is 8.45. The predicted molar refractivity (Wildman–Crippen MR) is 78.7 cm³/mol. The van der Waals surface area contributed by atoms with Crippen LogP contribution in [0.15, 0.2) is 0 Å². The highest BCUT2D eigenvalue weighted by molar-refractivity contribution is 8.00. The van der Waals surface area contributed by atoms with Crippen LogP contribution < -0.4 is 5.32 Å². The molecule has 2 rings (SSSR count). The standard InChI is InChI=1S/C15H26N2S/c1-14(2,3)18-10-8-12-5-4-9-15(12,11-16)17-13-6-7-13/h12-13,17H,4-10H2,1-3H3. The topological polar surface area (TPSA) is 35.8 Å². The van der Waals surface area contributed by atoms with Gasteiger partial charge in [-0.15, -0.1) is 0 Å². The molecule has 2 aliphatic carbocycles. The van der Waals surface area contributed by atoms with Crippen LogP contribution in [0.5, 0.6) is 0 Å². The van der Waals surface area contributed by atoms with Crippen molar-refractivity contribution >= 4 is 11.8 Å². The maximum Gasteiger partial charge on any atom is 0.109 e. The SMILES string of the molecule is CC(C)(C)SCCC1CCCC1(C#N)NC1CC1. The summed E-state index contributed by atoms with van der Waals surface area (Å²) in [6.07, 6.45) is 7.25. The smallest absolute Gasteiger partial charge is 0.109 e. The van der Waals surface area contributed by atoms with E-state index in [2.05, 4.69) is 32.2 Å². The van der Waals surface area contributed by atoms with E-state index in [-0.39, 0.29) is 5.54 Å². The number of thioether (sulfide) groups is 1. The van der Waals surface area contributed by atoms with Gasteiger partial charge in [-0.25, -0.2) is 0 Å². The van der Waals surface area contributed by atoms with Crippen LogP contribution in [0.2, 0.25) is 0 Å². The van der Waals surface area contributed by atoms with Crippen molar-refractivity contribution in [1.82, 2.24) is 5.32 Å². The molecule has 2 fully saturated rings. The molecule has 102 valence electrons. The molecule has 0 heterocycles. The van der Waals surface area contributed by atoms with Crippen LogP contribution in [0, 0.1) is 17.2 Å². The molecular formula is C15H26N2S. The van der Waals surface area contributed by atoms with Crippen LogP contribution in [0.4, 0.5) is 0 Å². The van der Waals surface area contributed by atoms with E-state index in [4.69, 9.17) is 0 Å². The Hall–Kier alpha value is -0.200. The highest BCUT2D eigenvalue weighted by Gasteiger charge is 2.45. The van der Waals surface area contributed by atoms with Crippen molar-refractivity contribution in [3.63, 3.8) is 0 Å². The zero-order valence-electron chi connectivity index (χ0n) is 12.0. The molecule has 2 saturated carbocycles. The second-order valence-corrected chi connectivity index (χ2v) is 8.76. The van der Waals surface area contributed by atoms with Gasteiger partial charge in [0.25, 0.3) is 0 Å². The first-order valence-electron chi connectivity index (χ1n) is 7.28. The van der Waals surface area contributed by atoms with E-state index in [9.17, 15) is 5.26 Å². The van der Waals surface area contributed by atoms with Gasteiger partial charge in [0.1, 0.15) is 5.54 Å². The number of nitrogens with zero attached hydrogens (tertiary/aromatic N) is 1. The van der Waals surface area contributed by atoms with Gasteiger partial charge in [-0.3, -0.25) is 5.32 Å². The molecule has 3 heteroatoms. The van der Waals surface area contributed by atoms with E-state index >= 15 is 0 Å².